The fourth-order valence-electron chi connectivity index (χ4n) is 1.82. The van der Waals surface area contributed by atoms with E-state index in [1.807, 2.05) is 0 Å². The molecule has 84 valence electrons. The quantitative estimate of drug-likeness (QED) is 0.779. The number of rotatable bonds is 4. The van der Waals surface area contributed by atoms with Gasteiger partial charge in [-0.25, -0.2) is 0 Å². The van der Waals surface area contributed by atoms with E-state index in [9.17, 15) is 4.79 Å². The molecule has 0 bridgehead atoms. The average molecular weight is 221 g/mol. The van der Waals surface area contributed by atoms with E-state index in [2.05, 4.69) is 11.8 Å². The molecule has 1 amide bonds. The molecule has 0 unspecified atom stereocenters. The Hall–Kier alpha value is -0.280. The number of hydrogen-bond donors (Lipinski definition) is 1. The van der Waals surface area contributed by atoms with E-state index in [1.165, 1.54) is 19.4 Å². The van der Waals surface area contributed by atoms with Crippen molar-refractivity contribution < 1.29 is 4.79 Å². The third-order valence-electron chi connectivity index (χ3n) is 2.82. The lowest BCUT2D eigenvalue weighted by atomic mass is 9.96. The van der Waals surface area contributed by atoms with Crippen molar-refractivity contribution in [3.05, 3.63) is 0 Å². The predicted molar refractivity (Wildman–Crippen MR) is 60.5 cm³/mol. The Labute approximate surface area is 92.4 Å². The number of carbonyl (C=O) groups is 1. The van der Waals surface area contributed by atoms with E-state index in [-0.39, 0.29) is 24.2 Å². The van der Waals surface area contributed by atoms with Crippen LogP contribution in [0.4, 0.5) is 0 Å². The van der Waals surface area contributed by atoms with Crippen LogP contribution in [-0.4, -0.2) is 30.4 Å². The van der Waals surface area contributed by atoms with Crippen molar-refractivity contribution in [1.82, 2.24) is 4.90 Å². The van der Waals surface area contributed by atoms with Crippen molar-refractivity contribution in [2.75, 3.05) is 19.6 Å². The number of hydrogen-bond acceptors (Lipinski definition) is 2. The van der Waals surface area contributed by atoms with Crippen molar-refractivity contribution in [3.8, 4) is 0 Å². The number of nitrogens with two attached hydrogens (primary N) is 1. The Morgan fingerprint density at radius 2 is 2.00 bits per heavy atom. The topological polar surface area (TPSA) is 46.3 Å². The fourth-order valence-corrected chi connectivity index (χ4v) is 1.82. The number of nitrogens with zero attached hydrogens (tertiary/aromatic N) is 1. The summed E-state index contributed by atoms with van der Waals surface area (Å²) in [6.45, 7) is 5.49. The summed E-state index contributed by atoms with van der Waals surface area (Å²) in [5.74, 6) is 0.0213. The first-order valence-electron chi connectivity index (χ1n) is 5.25. The molecule has 1 aliphatic rings. The van der Waals surface area contributed by atoms with Crippen LogP contribution < -0.4 is 5.73 Å². The van der Waals surface area contributed by atoms with Gasteiger partial charge in [0.05, 0.1) is 0 Å². The molecule has 2 N–H and O–H groups in total. The van der Waals surface area contributed by atoms with Gasteiger partial charge >= 0.3 is 0 Å². The van der Waals surface area contributed by atoms with Gasteiger partial charge in [0.2, 0.25) is 5.91 Å². The summed E-state index contributed by atoms with van der Waals surface area (Å²) >= 11 is 0. The molecule has 0 saturated carbocycles. The van der Waals surface area contributed by atoms with E-state index in [0.717, 1.165) is 25.9 Å². The summed E-state index contributed by atoms with van der Waals surface area (Å²) in [4.78, 5) is 13.3. The number of halogens is 1. The van der Waals surface area contributed by atoms with Gasteiger partial charge in [-0.3, -0.25) is 4.79 Å². The van der Waals surface area contributed by atoms with Gasteiger partial charge < -0.3 is 10.6 Å². The van der Waals surface area contributed by atoms with Gasteiger partial charge in [0.1, 0.15) is 0 Å². The molecule has 0 aliphatic carbocycles. The Kier molecular flexibility index (Phi) is 6.93. The molecule has 0 aromatic rings. The third kappa shape index (κ3) is 4.29. The molecule has 0 atom stereocenters. The van der Waals surface area contributed by atoms with Gasteiger partial charge in [-0.1, -0.05) is 13.3 Å². The van der Waals surface area contributed by atoms with Crippen molar-refractivity contribution in [2.45, 2.75) is 32.6 Å². The molecule has 1 heterocycles. The van der Waals surface area contributed by atoms with Crippen LogP contribution in [0.2, 0.25) is 0 Å². The largest absolute Gasteiger partial charge is 0.369 e. The lowest BCUT2D eigenvalue weighted by molar-refractivity contribution is -0.123. The van der Waals surface area contributed by atoms with Crippen LogP contribution in [0, 0.1) is 5.92 Å². The molecule has 0 aromatic carbocycles. The summed E-state index contributed by atoms with van der Waals surface area (Å²) in [5.41, 5.74) is 5.26. The van der Waals surface area contributed by atoms with Crippen LogP contribution in [0.15, 0.2) is 0 Å². The van der Waals surface area contributed by atoms with Crippen LogP contribution >= 0.6 is 12.4 Å². The predicted octanol–water partition coefficient (Wildman–Crippen LogP) is 1.41. The summed E-state index contributed by atoms with van der Waals surface area (Å²) in [6, 6.07) is 0. The Morgan fingerprint density at radius 1 is 1.43 bits per heavy atom. The molecule has 0 aromatic heterocycles. The molecule has 1 fully saturated rings. The number of carbonyl (C=O) groups excluding carboxylic acids is 1. The van der Waals surface area contributed by atoms with Crippen LogP contribution in [0.3, 0.4) is 0 Å². The number of amides is 1. The minimum atomic E-state index is -0.116. The lowest BCUT2D eigenvalue weighted by Gasteiger charge is -2.30. The van der Waals surface area contributed by atoms with Crippen molar-refractivity contribution in [2.24, 2.45) is 11.7 Å². The van der Waals surface area contributed by atoms with Crippen molar-refractivity contribution >= 4 is 18.3 Å². The standard InChI is InChI=1S/C10H20N2O.ClH/c1-2-3-6-12-7-4-9(5-8-12)10(11)13;/h9H,2-8H2,1H3,(H2,11,13);1H. The number of likely N-dealkylation sites (tertiary alicyclic amines) is 1. The Balaban J connectivity index is 0.00000169. The maximum atomic E-state index is 10.9. The monoisotopic (exact) mass is 220 g/mol. The van der Waals surface area contributed by atoms with E-state index in [4.69, 9.17) is 5.73 Å². The molecular formula is C10H21ClN2O. The SMILES string of the molecule is CCCCN1CCC(C(N)=O)CC1.Cl. The first-order valence-corrected chi connectivity index (χ1v) is 5.25. The van der Waals surface area contributed by atoms with E-state index >= 15 is 0 Å². The van der Waals surface area contributed by atoms with E-state index < -0.39 is 0 Å². The maximum absolute atomic E-state index is 10.9. The van der Waals surface area contributed by atoms with E-state index in [1.54, 1.807) is 0 Å². The van der Waals surface area contributed by atoms with E-state index in [0.29, 0.717) is 0 Å². The second-order valence-corrected chi connectivity index (χ2v) is 3.87. The summed E-state index contributed by atoms with van der Waals surface area (Å²) in [6.07, 6.45) is 4.43. The molecule has 0 radical (unpaired) electrons. The van der Waals surface area contributed by atoms with Crippen LogP contribution in [0.1, 0.15) is 32.6 Å². The smallest absolute Gasteiger partial charge is 0.220 e. The summed E-state index contributed by atoms with van der Waals surface area (Å²) in [5, 5.41) is 0. The number of piperidine rings is 1. The zero-order valence-corrected chi connectivity index (χ0v) is 9.68. The molecular weight excluding hydrogens is 200 g/mol. The van der Waals surface area contributed by atoms with Gasteiger partial charge in [-0.05, 0) is 38.9 Å². The third-order valence-corrected chi connectivity index (χ3v) is 2.82. The van der Waals surface area contributed by atoms with Gasteiger partial charge in [-0.2, -0.15) is 0 Å². The zero-order chi connectivity index (χ0) is 9.68. The molecule has 0 spiro atoms. The Morgan fingerprint density at radius 3 is 2.43 bits per heavy atom. The van der Waals surface area contributed by atoms with Crippen molar-refractivity contribution in [1.29, 1.82) is 0 Å². The molecule has 14 heavy (non-hydrogen) atoms. The molecule has 1 rings (SSSR count). The zero-order valence-electron chi connectivity index (χ0n) is 8.87. The maximum Gasteiger partial charge on any atom is 0.220 e. The minimum Gasteiger partial charge on any atom is -0.369 e. The van der Waals surface area contributed by atoms with Gasteiger partial charge in [-0.15, -0.1) is 12.4 Å². The van der Waals surface area contributed by atoms with Crippen molar-refractivity contribution in [3.63, 3.8) is 0 Å². The first kappa shape index (κ1) is 13.7. The van der Waals surface area contributed by atoms with Crippen LogP contribution in [-0.2, 0) is 4.79 Å². The molecule has 1 aliphatic heterocycles. The van der Waals surface area contributed by atoms with Gasteiger partial charge in [0, 0.05) is 5.92 Å². The summed E-state index contributed by atoms with van der Waals surface area (Å²) < 4.78 is 0. The lowest BCUT2D eigenvalue weighted by Crippen LogP contribution is -2.38. The highest BCUT2D eigenvalue weighted by Crippen LogP contribution is 2.16. The first-order chi connectivity index (χ1) is 6.24. The highest BCUT2D eigenvalue weighted by molar-refractivity contribution is 5.85. The summed E-state index contributed by atoms with van der Waals surface area (Å²) in [7, 11) is 0. The van der Waals surface area contributed by atoms with Crippen LogP contribution in [0.25, 0.3) is 0 Å². The van der Waals surface area contributed by atoms with Crippen LogP contribution in [0.5, 0.6) is 0 Å². The fraction of sp³-hybridized carbons (Fsp3) is 0.900. The molecule has 3 nitrogen and oxygen atoms in total. The van der Waals surface area contributed by atoms with Gasteiger partial charge in [0.15, 0.2) is 0 Å². The second-order valence-electron chi connectivity index (χ2n) is 3.87. The number of unbranched alkanes of at least 4 members (excludes halogenated alkanes) is 1. The second kappa shape index (κ2) is 7.07. The normalized spacial score (nSPS) is 18.9. The average Bonchev–Trinajstić information content (AvgIpc) is 2.15. The minimum absolute atomic E-state index is 0. The van der Waals surface area contributed by atoms with Gasteiger partial charge in [0.25, 0.3) is 0 Å². The highest BCUT2D eigenvalue weighted by atomic mass is 35.5. The Bertz CT molecular complexity index is 168. The number of primary amides is 1. The molecule has 4 heteroatoms. The highest BCUT2D eigenvalue weighted by Gasteiger charge is 2.22. The molecule has 1 saturated heterocycles.